The molecule has 0 radical (unpaired) electrons. The third kappa shape index (κ3) is 74.7. The highest BCUT2D eigenvalue weighted by atomic mass is 31.2. The fourth-order valence-electron chi connectivity index (χ4n) is 12.6. The van der Waals surface area contributed by atoms with Gasteiger partial charge in [-0.25, -0.2) is 9.13 Å². The van der Waals surface area contributed by atoms with Crippen molar-refractivity contribution in [3.63, 3.8) is 0 Å². The average molecular weight is 1480 g/mol. The summed E-state index contributed by atoms with van der Waals surface area (Å²) in [4.78, 5) is 73.1. The number of unbranched alkanes of at least 4 members (excludes halogenated alkanes) is 47. The van der Waals surface area contributed by atoms with Crippen LogP contribution in [-0.2, 0) is 65.4 Å². The van der Waals surface area contributed by atoms with E-state index in [-0.39, 0.29) is 25.7 Å². The van der Waals surface area contributed by atoms with E-state index in [0.29, 0.717) is 31.6 Å². The molecule has 0 aromatic carbocycles. The van der Waals surface area contributed by atoms with Crippen LogP contribution in [0, 0.1) is 17.8 Å². The second-order valence-corrected chi connectivity index (χ2v) is 33.6. The van der Waals surface area contributed by atoms with Gasteiger partial charge in [0.05, 0.1) is 26.4 Å². The summed E-state index contributed by atoms with van der Waals surface area (Å²) >= 11 is 0. The molecule has 0 bridgehead atoms. The summed E-state index contributed by atoms with van der Waals surface area (Å²) in [6, 6.07) is 0. The second kappa shape index (κ2) is 72.3. The quantitative estimate of drug-likeness (QED) is 0.0222. The van der Waals surface area contributed by atoms with Crippen LogP contribution in [0.2, 0.25) is 0 Å². The number of phosphoric ester groups is 2. The molecule has 0 heterocycles. The van der Waals surface area contributed by atoms with Gasteiger partial charge in [0.1, 0.15) is 19.3 Å². The van der Waals surface area contributed by atoms with Gasteiger partial charge in [0.15, 0.2) is 12.2 Å². The van der Waals surface area contributed by atoms with Gasteiger partial charge in [-0.3, -0.25) is 37.3 Å². The fraction of sp³-hybridized carbons (Fsp3) is 0.951. The van der Waals surface area contributed by atoms with Crippen LogP contribution in [0.5, 0.6) is 0 Å². The Morgan fingerprint density at radius 3 is 0.752 bits per heavy atom. The molecule has 600 valence electrons. The number of aliphatic hydroxyl groups is 1. The van der Waals surface area contributed by atoms with Gasteiger partial charge in [-0.15, -0.1) is 0 Å². The van der Waals surface area contributed by atoms with Crippen molar-refractivity contribution < 1.29 is 80.2 Å². The van der Waals surface area contributed by atoms with Crippen molar-refractivity contribution in [1.82, 2.24) is 0 Å². The average Bonchev–Trinajstić information content (AvgIpc) is 0.944. The van der Waals surface area contributed by atoms with Crippen molar-refractivity contribution in [1.29, 1.82) is 0 Å². The van der Waals surface area contributed by atoms with Crippen LogP contribution >= 0.6 is 15.6 Å². The first-order valence-electron chi connectivity index (χ1n) is 42.4. The molecule has 0 aliphatic carbocycles. The molecule has 0 fully saturated rings. The van der Waals surface area contributed by atoms with Crippen molar-refractivity contribution in [3.8, 4) is 0 Å². The third-order valence-corrected chi connectivity index (χ3v) is 21.4. The number of carbonyl (C=O) groups is 4. The van der Waals surface area contributed by atoms with E-state index in [4.69, 9.17) is 37.0 Å². The summed E-state index contributed by atoms with van der Waals surface area (Å²) in [5, 5.41) is 10.6. The molecule has 0 rings (SSSR count). The molecule has 0 spiro atoms. The van der Waals surface area contributed by atoms with Gasteiger partial charge in [-0.2, -0.15) is 0 Å². The van der Waals surface area contributed by atoms with Crippen LogP contribution in [0.3, 0.4) is 0 Å². The first-order chi connectivity index (χ1) is 48.8. The van der Waals surface area contributed by atoms with Crippen molar-refractivity contribution >= 4 is 39.5 Å². The van der Waals surface area contributed by atoms with Crippen molar-refractivity contribution in [3.05, 3.63) is 0 Å². The summed E-state index contributed by atoms with van der Waals surface area (Å²) in [6.45, 7) is 11.9. The number of ether oxygens (including phenoxy) is 4. The van der Waals surface area contributed by atoms with Crippen LogP contribution in [0.4, 0.5) is 0 Å². The molecule has 101 heavy (non-hydrogen) atoms. The van der Waals surface area contributed by atoms with E-state index in [0.717, 1.165) is 108 Å². The normalized spacial score (nSPS) is 14.2. The maximum Gasteiger partial charge on any atom is 0.472 e. The molecular formula is C82H160O17P2. The molecular weight excluding hydrogens is 1320 g/mol. The van der Waals surface area contributed by atoms with Gasteiger partial charge in [-0.05, 0) is 43.4 Å². The summed E-state index contributed by atoms with van der Waals surface area (Å²) in [6.07, 6.45) is 61.1. The Kier molecular flexibility index (Phi) is 70.9. The summed E-state index contributed by atoms with van der Waals surface area (Å²) in [7, 11) is -9.92. The minimum atomic E-state index is -4.96. The zero-order valence-electron chi connectivity index (χ0n) is 66.4. The maximum absolute atomic E-state index is 13.1. The highest BCUT2D eigenvalue weighted by Gasteiger charge is 2.30. The zero-order chi connectivity index (χ0) is 74.4. The van der Waals surface area contributed by atoms with Gasteiger partial charge >= 0.3 is 39.5 Å². The van der Waals surface area contributed by atoms with Crippen molar-refractivity contribution in [2.24, 2.45) is 17.8 Å². The highest BCUT2D eigenvalue weighted by Crippen LogP contribution is 2.45. The Labute approximate surface area is 619 Å². The van der Waals surface area contributed by atoms with Crippen LogP contribution in [0.15, 0.2) is 0 Å². The third-order valence-electron chi connectivity index (χ3n) is 19.5. The molecule has 0 amide bonds. The Bertz CT molecular complexity index is 1960. The lowest BCUT2D eigenvalue weighted by molar-refractivity contribution is -0.161. The molecule has 0 aromatic rings. The van der Waals surface area contributed by atoms with E-state index in [9.17, 15) is 43.2 Å². The molecule has 0 saturated carbocycles. The standard InChI is InChI=1S/C82H160O17P2/c1-8-10-11-12-13-14-15-16-17-18-19-20-23-27-30-36-43-51-58-65-81(86)98-77(69-92-79(84)63-56-49-42-35-29-26-24-21-22-25-28-33-39-46-53-60-73(3)4)71-96-100(88,89)94-67-76(83)68-95-101(90,91)97-72-78(70-93-80(85)64-57-50-45-38-40-47-54-61-74(5)6)99-82(87)66-59-52-44-37-32-31-34-41-48-55-62-75(7)9-2/h73-78,83H,8-72H2,1-7H3,(H,88,89)(H,90,91)/t75?,76-,77-,78-/m1/s1. The van der Waals surface area contributed by atoms with Crippen molar-refractivity contribution in [2.75, 3.05) is 39.6 Å². The van der Waals surface area contributed by atoms with Crippen LogP contribution in [0.1, 0.15) is 427 Å². The van der Waals surface area contributed by atoms with Gasteiger partial charge in [0.25, 0.3) is 0 Å². The Morgan fingerprint density at radius 1 is 0.287 bits per heavy atom. The second-order valence-electron chi connectivity index (χ2n) is 30.7. The van der Waals surface area contributed by atoms with E-state index in [1.807, 2.05) is 0 Å². The minimum Gasteiger partial charge on any atom is -0.462 e. The number of hydrogen-bond acceptors (Lipinski definition) is 15. The number of phosphoric acid groups is 2. The monoisotopic (exact) mass is 1480 g/mol. The SMILES string of the molecule is CCCCCCCCCCCCCCCCCCCCCC(=O)O[C@H](COC(=O)CCCCCCCCCCCCCCCCCC(C)C)COP(=O)(O)OC[C@@H](O)COP(=O)(O)OC[C@@H](COC(=O)CCCCCCCCCC(C)C)OC(=O)CCCCCCCCCCCCC(C)CC. The topological polar surface area (TPSA) is 237 Å². The molecule has 19 heteroatoms. The van der Waals surface area contributed by atoms with Gasteiger partial charge in [0.2, 0.25) is 0 Å². The largest absolute Gasteiger partial charge is 0.472 e. The first-order valence-corrected chi connectivity index (χ1v) is 45.4. The van der Waals surface area contributed by atoms with Crippen LogP contribution in [0.25, 0.3) is 0 Å². The molecule has 0 aliphatic heterocycles. The predicted molar refractivity (Wildman–Crippen MR) is 414 cm³/mol. The van der Waals surface area contributed by atoms with E-state index in [1.165, 1.54) is 231 Å². The zero-order valence-corrected chi connectivity index (χ0v) is 68.2. The van der Waals surface area contributed by atoms with E-state index < -0.39 is 97.5 Å². The van der Waals surface area contributed by atoms with Gasteiger partial charge in [0, 0.05) is 25.7 Å². The fourth-order valence-corrected chi connectivity index (χ4v) is 14.2. The lowest BCUT2D eigenvalue weighted by atomic mass is 9.99. The van der Waals surface area contributed by atoms with Crippen molar-refractivity contribution in [2.45, 2.75) is 446 Å². The lowest BCUT2D eigenvalue weighted by Gasteiger charge is -2.21. The van der Waals surface area contributed by atoms with E-state index in [2.05, 4.69) is 48.5 Å². The molecule has 0 saturated heterocycles. The highest BCUT2D eigenvalue weighted by molar-refractivity contribution is 7.47. The summed E-state index contributed by atoms with van der Waals surface area (Å²) < 4.78 is 68.7. The summed E-state index contributed by atoms with van der Waals surface area (Å²) in [5.74, 6) is 0.203. The number of carbonyl (C=O) groups excluding carboxylic acids is 4. The molecule has 0 aliphatic rings. The molecule has 3 N–H and O–H groups in total. The van der Waals surface area contributed by atoms with E-state index >= 15 is 0 Å². The number of aliphatic hydroxyl groups excluding tert-OH is 1. The maximum atomic E-state index is 13.1. The number of esters is 4. The van der Waals surface area contributed by atoms with E-state index in [1.54, 1.807) is 0 Å². The molecule has 3 unspecified atom stereocenters. The Hall–Kier alpha value is -1.94. The van der Waals surface area contributed by atoms with Crippen LogP contribution < -0.4 is 0 Å². The minimum absolute atomic E-state index is 0.106. The van der Waals surface area contributed by atoms with Gasteiger partial charge in [-0.1, -0.05) is 376 Å². The van der Waals surface area contributed by atoms with Crippen LogP contribution in [-0.4, -0.2) is 96.7 Å². The Balaban J connectivity index is 5.24. The molecule has 0 aromatic heterocycles. The molecule has 6 atom stereocenters. The molecule has 17 nitrogen and oxygen atoms in total. The smallest absolute Gasteiger partial charge is 0.462 e. The predicted octanol–water partition coefficient (Wildman–Crippen LogP) is 24.5. The first kappa shape index (κ1) is 99.1. The summed E-state index contributed by atoms with van der Waals surface area (Å²) in [5.41, 5.74) is 0. The lowest BCUT2D eigenvalue weighted by Crippen LogP contribution is -2.30. The van der Waals surface area contributed by atoms with Gasteiger partial charge < -0.3 is 33.8 Å². The Morgan fingerprint density at radius 2 is 0.505 bits per heavy atom. The number of rotatable bonds is 80. The number of hydrogen-bond donors (Lipinski definition) is 3.